The topological polar surface area (TPSA) is 65.1 Å². The molecule has 0 spiro atoms. The zero-order valence-electron chi connectivity index (χ0n) is 13.3. The zero-order chi connectivity index (χ0) is 17.2. The molecule has 1 N–H and O–H groups in total. The molecule has 4 rings (SSSR count). The Morgan fingerprint density at radius 2 is 2.08 bits per heavy atom. The van der Waals surface area contributed by atoms with E-state index in [2.05, 4.69) is 42.2 Å². The second-order valence-corrected chi connectivity index (χ2v) is 7.83. The van der Waals surface area contributed by atoms with Gasteiger partial charge in [0, 0.05) is 49.0 Å². The van der Waals surface area contributed by atoms with Gasteiger partial charge in [-0.05, 0) is 11.4 Å². The van der Waals surface area contributed by atoms with Gasteiger partial charge in [0.15, 0.2) is 0 Å². The number of H-pyrrole nitrogens is 1. The van der Waals surface area contributed by atoms with Crippen LogP contribution in [0.2, 0.25) is 5.02 Å². The number of aromatic nitrogens is 3. The summed E-state index contributed by atoms with van der Waals surface area (Å²) in [7, 11) is 0. The van der Waals surface area contributed by atoms with E-state index in [-0.39, 0.29) is 10.6 Å². The summed E-state index contributed by atoms with van der Waals surface area (Å²) in [6, 6.07) is 2.10. The van der Waals surface area contributed by atoms with E-state index >= 15 is 0 Å². The molecule has 9 heteroatoms. The monoisotopic (exact) mass is 393 g/mol. The van der Waals surface area contributed by atoms with Crippen molar-refractivity contribution in [3.05, 3.63) is 49.5 Å². The molecular weight excluding hydrogens is 378 g/mol. The molecule has 0 aliphatic carbocycles. The molecule has 0 aromatic carbocycles. The highest BCUT2D eigenvalue weighted by Gasteiger charge is 2.21. The second kappa shape index (κ2) is 7.25. The fourth-order valence-corrected chi connectivity index (χ4v) is 4.60. The van der Waals surface area contributed by atoms with Crippen LogP contribution in [0.3, 0.4) is 0 Å². The second-order valence-electron chi connectivity index (χ2n) is 5.82. The first kappa shape index (κ1) is 16.7. The van der Waals surface area contributed by atoms with Gasteiger partial charge >= 0.3 is 0 Å². The number of thiophene rings is 1. The Balaban J connectivity index is 1.38. The summed E-state index contributed by atoms with van der Waals surface area (Å²) >= 11 is 9.48. The predicted molar refractivity (Wildman–Crippen MR) is 103 cm³/mol. The average Bonchev–Trinajstić information content (AvgIpc) is 3.30. The molecule has 0 saturated carbocycles. The number of halogens is 1. The van der Waals surface area contributed by atoms with Crippen molar-refractivity contribution in [3.8, 4) is 10.6 Å². The predicted octanol–water partition coefficient (Wildman–Crippen LogP) is 2.93. The summed E-state index contributed by atoms with van der Waals surface area (Å²) in [5.41, 5.74) is 2.67. The van der Waals surface area contributed by atoms with Crippen LogP contribution in [0.4, 0.5) is 5.69 Å². The van der Waals surface area contributed by atoms with Crippen LogP contribution in [0.1, 0.15) is 5.69 Å². The van der Waals surface area contributed by atoms with E-state index in [0.29, 0.717) is 5.69 Å². The molecule has 0 bridgehead atoms. The highest BCUT2D eigenvalue weighted by atomic mass is 35.5. The minimum absolute atomic E-state index is 0.211. The molecule has 0 unspecified atom stereocenters. The van der Waals surface area contributed by atoms with E-state index in [1.165, 1.54) is 5.56 Å². The first-order valence-corrected chi connectivity index (χ1v) is 10.1. The first-order chi connectivity index (χ1) is 12.2. The number of piperazine rings is 1. The highest BCUT2D eigenvalue weighted by molar-refractivity contribution is 7.14. The van der Waals surface area contributed by atoms with E-state index in [9.17, 15) is 4.79 Å². The van der Waals surface area contributed by atoms with Gasteiger partial charge in [-0.15, -0.1) is 11.3 Å². The Morgan fingerprint density at radius 1 is 1.24 bits per heavy atom. The molecule has 130 valence electrons. The largest absolute Gasteiger partial charge is 0.366 e. The van der Waals surface area contributed by atoms with Crippen LogP contribution < -0.4 is 10.5 Å². The fraction of sp³-hybridized carbons (Fsp3) is 0.312. The Hall–Kier alpha value is -1.74. The zero-order valence-corrected chi connectivity index (χ0v) is 15.7. The molecule has 3 aromatic heterocycles. The minimum Gasteiger partial charge on any atom is -0.366 e. The molecule has 1 aliphatic rings. The van der Waals surface area contributed by atoms with Crippen LogP contribution in [-0.2, 0) is 6.54 Å². The third kappa shape index (κ3) is 3.62. The maximum atomic E-state index is 11.6. The molecule has 3 aromatic rings. The van der Waals surface area contributed by atoms with Crippen molar-refractivity contribution in [1.29, 1.82) is 0 Å². The van der Waals surface area contributed by atoms with Gasteiger partial charge in [0.05, 0.1) is 17.6 Å². The molecule has 4 heterocycles. The number of aromatic amines is 1. The van der Waals surface area contributed by atoms with Gasteiger partial charge in [0.2, 0.25) is 0 Å². The van der Waals surface area contributed by atoms with Crippen molar-refractivity contribution >= 4 is 40.0 Å². The lowest BCUT2D eigenvalue weighted by Gasteiger charge is -2.35. The molecule has 0 amide bonds. The number of thiazole rings is 1. The molecule has 1 fully saturated rings. The summed E-state index contributed by atoms with van der Waals surface area (Å²) in [5, 5.41) is 13.8. The molecule has 25 heavy (non-hydrogen) atoms. The summed E-state index contributed by atoms with van der Waals surface area (Å²) in [6.07, 6.45) is 1.62. The van der Waals surface area contributed by atoms with Gasteiger partial charge in [0.25, 0.3) is 5.56 Å². The lowest BCUT2D eigenvalue weighted by molar-refractivity contribution is 0.247. The summed E-state index contributed by atoms with van der Waals surface area (Å²) in [5.74, 6) is 0. The minimum atomic E-state index is -0.343. The maximum absolute atomic E-state index is 11.6. The van der Waals surface area contributed by atoms with Gasteiger partial charge in [-0.2, -0.15) is 16.4 Å². The van der Waals surface area contributed by atoms with Crippen LogP contribution in [-0.4, -0.2) is 46.3 Å². The molecule has 0 atom stereocenters. The van der Waals surface area contributed by atoms with Gasteiger partial charge < -0.3 is 4.90 Å². The molecule has 1 aliphatic heterocycles. The van der Waals surface area contributed by atoms with Crippen LogP contribution >= 0.6 is 34.3 Å². The van der Waals surface area contributed by atoms with Gasteiger partial charge in [0.1, 0.15) is 10.0 Å². The van der Waals surface area contributed by atoms with Crippen molar-refractivity contribution < 1.29 is 0 Å². The SMILES string of the molecule is O=c1[nH]ncc(N2CCN(Cc3csc(-c4ccsc4)n3)CC2)c1Cl. The standard InChI is InChI=1S/C16H16ClN5OS2/c17-14-13(7-18-20-15(14)23)22-4-2-21(3-5-22)8-12-10-25-16(19-12)11-1-6-24-9-11/h1,6-7,9-10H,2-5,8H2,(H,20,23). The Morgan fingerprint density at radius 3 is 2.84 bits per heavy atom. The van der Waals surface area contributed by atoms with Crippen LogP contribution in [0.5, 0.6) is 0 Å². The summed E-state index contributed by atoms with van der Waals surface area (Å²) in [4.78, 5) is 20.8. The summed E-state index contributed by atoms with van der Waals surface area (Å²) in [6.45, 7) is 4.26. The quantitative estimate of drug-likeness (QED) is 0.738. The average molecular weight is 394 g/mol. The van der Waals surface area contributed by atoms with Crippen LogP contribution in [0, 0.1) is 0 Å². The number of nitrogens with one attached hydrogen (secondary N) is 1. The first-order valence-electron chi connectivity index (χ1n) is 7.88. The Labute approximate surface area is 157 Å². The smallest absolute Gasteiger partial charge is 0.285 e. The maximum Gasteiger partial charge on any atom is 0.285 e. The van der Waals surface area contributed by atoms with Crippen LogP contribution in [0.15, 0.2) is 33.2 Å². The van der Waals surface area contributed by atoms with Crippen molar-refractivity contribution in [3.63, 3.8) is 0 Å². The molecule has 0 radical (unpaired) electrons. The highest BCUT2D eigenvalue weighted by Crippen LogP contribution is 2.27. The fourth-order valence-electron chi connectivity index (χ4n) is 2.87. The third-order valence-corrected chi connectivity index (χ3v) is 6.18. The number of nitrogens with zero attached hydrogens (tertiary/aromatic N) is 4. The van der Waals surface area contributed by atoms with E-state index in [4.69, 9.17) is 16.6 Å². The molecule has 6 nitrogen and oxygen atoms in total. The van der Waals surface area contributed by atoms with E-state index in [1.54, 1.807) is 28.9 Å². The summed E-state index contributed by atoms with van der Waals surface area (Å²) < 4.78 is 0. The lowest BCUT2D eigenvalue weighted by Crippen LogP contribution is -2.46. The van der Waals surface area contributed by atoms with Gasteiger partial charge in [-0.3, -0.25) is 9.69 Å². The Kier molecular flexibility index (Phi) is 4.85. The number of hydrogen-bond acceptors (Lipinski definition) is 7. The Bertz CT molecular complexity index is 899. The number of anilines is 1. The van der Waals surface area contributed by atoms with Crippen molar-refractivity contribution in [2.24, 2.45) is 0 Å². The van der Waals surface area contributed by atoms with E-state index in [1.807, 2.05) is 0 Å². The van der Waals surface area contributed by atoms with Gasteiger partial charge in [-0.25, -0.2) is 10.1 Å². The lowest BCUT2D eigenvalue weighted by atomic mass is 10.2. The van der Waals surface area contributed by atoms with Crippen molar-refractivity contribution in [2.75, 3.05) is 31.1 Å². The molecule has 1 saturated heterocycles. The van der Waals surface area contributed by atoms with E-state index < -0.39 is 0 Å². The number of rotatable bonds is 4. The van der Waals surface area contributed by atoms with Crippen molar-refractivity contribution in [1.82, 2.24) is 20.1 Å². The van der Waals surface area contributed by atoms with Gasteiger partial charge in [-0.1, -0.05) is 11.6 Å². The normalized spacial score (nSPS) is 15.6. The van der Waals surface area contributed by atoms with Crippen LogP contribution in [0.25, 0.3) is 10.6 Å². The third-order valence-electron chi connectivity index (χ3n) is 4.20. The molecular formula is C16H16ClN5OS2. The van der Waals surface area contributed by atoms with Crippen molar-refractivity contribution in [2.45, 2.75) is 6.54 Å². The van der Waals surface area contributed by atoms with E-state index in [0.717, 1.165) is 43.4 Å². The number of hydrogen-bond donors (Lipinski definition) is 1.